The third kappa shape index (κ3) is 2.56. The Balaban J connectivity index is 1.95. The highest BCUT2D eigenvalue weighted by molar-refractivity contribution is 5.88. The number of hydrogen-bond donors (Lipinski definition) is 1. The molecule has 0 spiro atoms. The molecule has 3 rings (SSSR count). The van der Waals surface area contributed by atoms with Crippen LogP contribution in [0.3, 0.4) is 0 Å². The van der Waals surface area contributed by atoms with Crippen molar-refractivity contribution < 1.29 is 9.90 Å². The van der Waals surface area contributed by atoms with E-state index in [4.69, 9.17) is 5.11 Å². The molecule has 0 unspecified atom stereocenters. The van der Waals surface area contributed by atoms with E-state index in [-0.39, 0.29) is 5.56 Å². The summed E-state index contributed by atoms with van der Waals surface area (Å²) >= 11 is 0. The molecule has 0 bridgehead atoms. The number of benzene rings is 2. The number of carboxylic acid groups (broad SMARTS) is 1. The van der Waals surface area contributed by atoms with Crippen molar-refractivity contribution in [3.63, 3.8) is 0 Å². The first kappa shape index (κ1) is 13.1. The molecule has 0 aliphatic carbocycles. The van der Waals surface area contributed by atoms with Crippen molar-refractivity contribution in [3.05, 3.63) is 66.2 Å². The summed E-state index contributed by atoms with van der Waals surface area (Å²) in [5.41, 5.74) is 2.10. The van der Waals surface area contributed by atoms with E-state index >= 15 is 0 Å². The molecule has 0 radical (unpaired) electrons. The predicted molar refractivity (Wildman–Crippen MR) is 83.2 cm³/mol. The second-order valence-electron chi connectivity index (χ2n) is 4.77. The zero-order valence-electron chi connectivity index (χ0n) is 11.5. The van der Waals surface area contributed by atoms with Crippen LogP contribution >= 0.6 is 0 Å². The standard InChI is InChI=1S/C17H14N2O2/c1-19(14-9-6-13(7-10-14)17(20)21)16-11-8-12-4-2-3-5-15(12)18-16/h2-11H,1H3,(H,20,21). The lowest BCUT2D eigenvalue weighted by Crippen LogP contribution is -2.11. The second kappa shape index (κ2) is 5.25. The predicted octanol–water partition coefficient (Wildman–Crippen LogP) is 3.70. The number of nitrogens with zero attached hydrogens (tertiary/aromatic N) is 2. The van der Waals surface area contributed by atoms with Crippen LogP contribution in [0.5, 0.6) is 0 Å². The first-order chi connectivity index (χ1) is 10.1. The molecule has 2 aromatic carbocycles. The Bertz CT molecular complexity index is 797. The molecule has 0 amide bonds. The van der Waals surface area contributed by atoms with E-state index in [1.54, 1.807) is 24.3 Å². The van der Waals surface area contributed by atoms with Crippen molar-refractivity contribution in [2.24, 2.45) is 0 Å². The lowest BCUT2D eigenvalue weighted by molar-refractivity contribution is 0.0697. The van der Waals surface area contributed by atoms with E-state index in [0.717, 1.165) is 22.4 Å². The van der Waals surface area contributed by atoms with Crippen LogP contribution in [-0.2, 0) is 0 Å². The molecule has 4 heteroatoms. The van der Waals surface area contributed by atoms with E-state index in [2.05, 4.69) is 4.98 Å². The minimum atomic E-state index is -0.923. The molecule has 0 aliphatic rings. The highest BCUT2D eigenvalue weighted by atomic mass is 16.4. The summed E-state index contributed by atoms with van der Waals surface area (Å²) in [5, 5.41) is 10.0. The molecular weight excluding hydrogens is 264 g/mol. The monoisotopic (exact) mass is 278 g/mol. The van der Waals surface area contributed by atoms with E-state index in [1.807, 2.05) is 48.3 Å². The molecule has 0 atom stereocenters. The number of carbonyl (C=O) groups is 1. The molecule has 0 saturated carbocycles. The maximum Gasteiger partial charge on any atom is 0.335 e. The van der Waals surface area contributed by atoms with Gasteiger partial charge in [-0.15, -0.1) is 0 Å². The smallest absolute Gasteiger partial charge is 0.335 e. The molecule has 21 heavy (non-hydrogen) atoms. The SMILES string of the molecule is CN(c1ccc(C(=O)O)cc1)c1ccc2ccccc2n1. The minimum absolute atomic E-state index is 0.277. The molecule has 0 fully saturated rings. The maximum absolute atomic E-state index is 10.9. The lowest BCUT2D eigenvalue weighted by atomic mass is 10.2. The van der Waals surface area contributed by atoms with Gasteiger partial charge in [-0.05, 0) is 42.5 Å². The van der Waals surface area contributed by atoms with E-state index in [0.29, 0.717) is 0 Å². The first-order valence-electron chi connectivity index (χ1n) is 6.58. The number of hydrogen-bond acceptors (Lipinski definition) is 3. The van der Waals surface area contributed by atoms with Gasteiger partial charge < -0.3 is 10.0 Å². The van der Waals surface area contributed by atoms with Gasteiger partial charge >= 0.3 is 5.97 Å². The molecule has 3 aromatic rings. The summed E-state index contributed by atoms with van der Waals surface area (Å²) in [6.45, 7) is 0. The Morgan fingerprint density at radius 3 is 2.43 bits per heavy atom. The Hall–Kier alpha value is -2.88. The topological polar surface area (TPSA) is 53.4 Å². The Morgan fingerprint density at radius 1 is 1.00 bits per heavy atom. The second-order valence-corrected chi connectivity index (χ2v) is 4.77. The summed E-state index contributed by atoms with van der Waals surface area (Å²) in [6, 6.07) is 18.7. The normalized spacial score (nSPS) is 10.5. The zero-order chi connectivity index (χ0) is 14.8. The molecule has 104 valence electrons. The van der Waals surface area contributed by atoms with Crippen molar-refractivity contribution in [2.75, 3.05) is 11.9 Å². The Labute approximate surface area is 122 Å². The van der Waals surface area contributed by atoms with E-state index < -0.39 is 5.97 Å². The fourth-order valence-corrected chi connectivity index (χ4v) is 2.20. The lowest BCUT2D eigenvalue weighted by Gasteiger charge is -2.18. The van der Waals surface area contributed by atoms with Gasteiger partial charge in [0.2, 0.25) is 0 Å². The van der Waals surface area contributed by atoms with Gasteiger partial charge in [-0.3, -0.25) is 0 Å². The summed E-state index contributed by atoms with van der Waals surface area (Å²) < 4.78 is 0. The fourth-order valence-electron chi connectivity index (χ4n) is 2.20. The van der Waals surface area contributed by atoms with Crippen molar-refractivity contribution in [3.8, 4) is 0 Å². The average molecular weight is 278 g/mol. The number of aromatic carboxylic acids is 1. The van der Waals surface area contributed by atoms with E-state index in [1.165, 1.54) is 0 Å². The van der Waals surface area contributed by atoms with Crippen LogP contribution in [-0.4, -0.2) is 23.1 Å². The quantitative estimate of drug-likeness (QED) is 0.793. The van der Waals surface area contributed by atoms with Crippen LogP contribution in [0, 0.1) is 0 Å². The summed E-state index contributed by atoms with van der Waals surface area (Å²) in [6.07, 6.45) is 0. The fraction of sp³-hybridized carbons (Fsp3) is 0.0588. The van der Waals surface area contributed by atoms with Gasteiger partial charge in [0, 0.05) is 18.1 Å². The van der Waals surface area contributed by atoms with Gasteiger partial charge in [0.1, 0.15) is 5.82 Å². The summed E-state index contributed by atoms with van der Waals surface area (Å²) in [7, 11) is 1.91. The molecule has 1 heterocycles. The summed E-state index contributed by atoms with van der Waals surface area (Å²) in [5.74, 6) is -0.107. The van der Waals surface area contributed by atoms with E-state index in [9.17, 15) is 4.79 Å². The number of carboxylic acids is 1. The number of pyridine rings is 1. The Kier molecular flexibility index (Phi) is 3.28. The number of para-hydroxylation sites is 1. The maximum atomic E-state index is 10.9. The number of fused-ring (bicyclic) bond motifs is 1. The highest BCUT2D eigenvalue weighted by Gasteiger charge is 2.08. The van der Waals surface area contributed by atoms with Crippen molar-refractivity contribution in [2.45, 2.75) is 0 Å². The summed E-state index contributed by atoms with van der Waals surface area (Å²) in [4.78, 5) is 17.4. The molecule has 4 nitrogen and oxygen atoms in total. The molecule has 1 N–H and O–H groups in total. The van der Waals surface area contributed by atoms with Crippen LogP contribution in [0.25, 0.3) is 10.9 Å². The molecule has 0 aliphatic heterocycles. The van der Waals surface area contributed by atoms with Gasteiger partial charge in [-0.1, -0.05) is 18.2 Å². The third-order valence-corrected chi connectivity index (χ3v) is 3.43. The van der Waals surface area contributed by atoms with Crippen LogP contribution in [0.15, 0.2) is 60.7 Å². The van der Waals surface area contributed by atoms with Gasteiger partial charge in [-0.25, -0.2) is 9.78 Å². The first-order valence-corrected chi connectivity index (χ1v) is 6.58. The number of aromatic nitrogens is 1. The molecule has 0 saturated heterocycles. The van der Waals surface area contributed by atoms with Crippen LogP contribution < -0.4 is 4.90 Å². The van der Waals surface area contributed by atoms with Crippen molar-refractivity contribution in [1.29, 1.82) is 0 Å². The molecule has 1 aromatic heterocycles. The van der Waals surface area contributed by atoms with Crippen LogP contribution in [0.4, 0.5) is 11.5 Å². The molecular formula is C17H14N2O2. The van der Waals surface area contributed by atoms with Crippen molar-refractivity contribution >= 4 is 28.4 Å². The zero-order valence-corrected chi connectivity index (χ0v) is 11.5. The highest BCUT2D eigenvalue weighted by Crippen LogP contribution is 2.24. The van der Waals surface area contributed by atoms with Crippen LogP contribution in [0.1, 0.15) is 10.4 Å². The van der Waals surface area contributed by atoms with Crippen molar-refractivity contribution in [1.82, 2.24) is 4.98 Å². The van der Waals surface area contributed by atoms with Crippen LogP contribution in [0.2, 0.25) is 0 Å². The van der Waals surface area contributed by atoms with Gasteiger partial charge in [0.15, 0.2) is 0 Å². The third-order valence-electron chi connectivity index (χ3n) is 3.43. The number of rotatable bonds is 3. The largest absolute Gasteiger partial charge is 0.478 e. The van der Waals surface area contributed by atoms with Gasteiger partial charge in [0.05, 0.1) is 11.1 Å². The van der Waals surface area contributed by atoms with Gasteiger partial charge in [0.25, 0.3) is 0 Å². The van der Waals surface area contributed by atoms with Gasteiger partial charge in [-0.2, -0.15) is 0 Å². The Morgan fingerprint density at radius 2 is 1.71 bits per heavy atom. The average Bonchev–Trinajstić information content (AvgIpc) is 2.54. The number of anilines is 2. The minimum Gasteiger partial charge on any atom is -0.478 e.